The fourth-order valence-electron chi connectivity index (χ4n) is 3.02. The highest BCUT2D eigenvalue weighted by atomic mass is 35.5. The first-order valence-electron chi connectivity index (χ1n) is 9.34. The summed E-state index contributed by atoms with van der Waals surface area (Å²) in [4.78, 5) is 0. The molecule has 4 nitrogen and oxygen atoms in total. The number of aliphatic hydroxyl groups is 2. The van der Waals surface area contributed by atoms with Crippen LogP contribution in [0, 0.1) is 0 Å². The maximum atomic E-state index is 10.2. The summed E-state index contributed by atoms with van der Waals surface area (Å²) < 4.78 is 0. The van der Waals surface area contributed by atoms with Crippen molar-refractivity contribution in [3.05, 3.63) is 88.9 Å². The van der Waals surface area contributed by atoms with Crippen molar-refractivity contribution in [1.82, 2.24) is 5.32 Å². The monoisotopic (exact) mass is 396 g/mol. The van der Waals surface area contributed by atoms with Crippen molar-refractivity contribution in [2.45, 2.75) is 12.7 Å². The van der Waals surface area contributed by atoms with E-state index in [-0.39, 0.29) is 6.61 Å². The van der Waals surface area contributed by atoms with Crippen LogP contribution in [0.4, 0.5) is 5.69 Å². The van der Waals surface area contributed by atoms with E-state index in [0.717, 1.165) is 41.0 Å². The van der Waals surface area contributed by atoms with Crippen molar-refractivity contribution in [1.29, 1.82) is 0 Å². The number of benzene rings is 3. The maximum Gasteiger partial charge on any atom is 0.0914 e. The molecule has 3 aromatic rings. The van der Waals surface area contributed by atoms with Gasteiger partial charge in [-0.25, -0.2) is 0 Å². The van der Waals surface area contributed by atoms with E-state index in [1.54, 1.807) is 12.1 Å². The van der Waals surface area contributed by atoms with Crippen molar-refractivity contribution >= 4 is 17.3 Å². The van der Waals surface area contributed by atoms with E-state index in [2.05, 4.69) is 22.8 Å². The predicted octanol–water partition coefficient (Wildman–Crippen LogP) is 4.23. The normalized spacial score (nSPS) is 12.0. The number of hydrogen-bond donors (Lipinski definition) is 4. The topological polar surface area (TPSA) is 64.5 Å². The molecule has 0 aliphatic carbocycles. The summed E-state index contributed by atoms with van der Waals surface area (Å²) in [5.74, 6) is 0. The van der Waals surface area contributed by atoms with Gasteiger partial charge in [0, 0.05) is 30.3 Å². The third-order valence-corrected chi connectivity index (χ3v) is 4.74. The van der Waals surface area contributed by atoms with Crippen LogP contribution in [0.25, 0.3) is 11.1 Å². The van der Waals surface area contributed by atoms with Crippen LogP contribution in [0.3, 0.4) is 0 Å². The SMILES string of the molecule is OCc1cccc(-c2cccc(NCCNC[C@H](O)c3cccc(Cl)c3)c2)c1. The molecule has 0 heterocycles. The summed E-state index contributed by atoms with van der Waals surface area (Å²) in [6, 6.07) is 23.4. The molecule has 0 aliphatic rings. The number of hydrogen-bond acceptors (Lipinski definition) is 4. The Morgan fingerprint density at radius 2 is 1.61 bits per heavy atom. The Hall–Kier alpha value is -2.37. The predicted molar refractivity (Wildman–Crippen MR) is 116 cm³/mol. The van der Waals surface area contributed by atoms with Crippen LogP contribution in [0.1, 0.15) is 17.2 Å². The summed E-state index contributed by atoms with van der Waals surface area (Å²) >= 11 is 5.96. The second kappa shape index (κ2) is 10.2. The fourth-order valence-corrected chi connectivity index (χ4v) is 3.22. The second-order valence-electron chi connectivity index (χ2n) is 6.64. The second-order valence-corrected chi connectivity index (χ2v) is 7.08. The standard InChI is InChI=1S/C23H25ClN2O2/c24-21-8-2-7-20(13-21)23(28)15-25-10-11-26-22-9-3-6-19(14-22)18-5-1-4-17(12-18)16-27/h1-9,12-14,23,25-28H,10-11,15-16H2/t23-/m0/s1. The van der Waals surface area contributed by atoms with Gasteiger partial charge in [0.2, 0.25) is 0 Å². The molecular weight excluding hydrogens is 372 g/mol. The quantitative estimate of drug-likeness (QED) is 0.408. The van der Waals surface area contributed by atoms with Gasteiger partial charge in [-0.2, -0.15) is 0 Å². The van der Waals surface area contributed by atoms with Crippen LogP contribution < -0.4 is 10.6 Å². The fraction of sp³-hybridized carbons (Fsp3) is 0.217. The van der Waals surface area contributed by atoms with Crippen LogP contribution in [0.5, 0.6) is 0 Å². The number of anilines is 1. The Morgan fingerprint density at radius 1 is 0.857 bits per heavy atom. The van der Waals surface area contributed by atoms with E-state index >= 15 is 0 Å². The van der Waals surface area contributed by atoms with Crippen LogP contribution in [0.15, 0.2) is 72.8 Å². The lowest BCUT2D eigenvalue weighted by Crippen LogP contribution is -2.26. The molecule has 0 radical (unpaired) electrons. The number of halogens is 1. The third-order valence-electron chi connectivity index (χ3n) is 4.51. The third kappa shape index (κ3) is 5.81. The minimum absolute atomic E-state index is 0.0402. The molecule has 3 rings (SSSR count). The molecule has 0 bridgehead atoms. The largest absolute Gasteiger partial charge is 0.392 e. The molecule has 28 heavy (non-hydrogen) atoms. The molecule has 0 amide bonds. The Kier molecular flexibility index (Phi) is 7.46. The lowest BCUT2D eigenvalue weighted by atomic mass is 10.0. The van der Waals surface area contributed by atoms with Gasteiger partial charge in [-0.1, -0.05) is 54.1 Å². The summed E-state index contributed by atoms with van der Waals surface area (Å²) in [6.07, 6.45) is -0.583. The van der Waals surface area contributed by atoms with Crippen LogP contribution in [-0.4, -0.2) is 29.8 Å². The summed E-state index contributed by atoms with van der Waals surface area (Å²) in [6.45, 7) is 1.97. The Morgan fingerprint density at radius 3 is 2.39 bits per heavy atom. The van der Waals surface area contributed by atoms with E-state index in [0.29, 0.717) is 11.6 Å². The molecular formula is C23H25ClN2O2. The Balaban J connectivity index is 1.47. The van der Waals surface area contributed by atoms with Crippen molar-refractivity contribution in [2.24, 2.45) is 0 Å². The van der Waals surface area contributed by atoms with Crippen molar-refractivity contribution in [3.8, 4) is 11.1 Å². The van der Waals surface area contributed by atoms with Gasteiger partial charge >= 0.3 is 0 Å². The van der Waals surface area contributed by atoms with Gasteiger partial charge in [0.05, 0.1) is 12.7 Å². The van der Waals surface area contributed by atoms with E-state index in [9.17, 15) is 10.2 Å². The minimum atomic E-state index is -0.583. The molecule has 0 spiro atoms. The molecule has 3 aromatic carbocycles. The molecule has 0 unspecified atom stereocenters. The van der Waals surface area contributed by atoms with Crippen molar-refractivity contribution < 1.29 is 10.2 Å². The summed E-state index contributed by atoms with van der Waals surface area (Å²) in [7, 11) is 0. The summed E-state index contributed by atoms with van der Waals surface area (Å²) in [5, 5.41) is 26.8. The molecule has 146 valence electrons. The van der Waals surface area contributed by atoms with E-state index in [4.69, 9.17) is 11.6 Å². The van der Waals surface area contributed by atoms with Crippen LogP contribution in [0.2, 0.25) is 5.02 Å². The van der Waals surface area contributed by atoms with E-state index in [1.807, 2.05) is 48.5 Å². The smallest absolute Gasteiger partial charge is 0.0914 e. The molecule has 0 saturated heterocycles. The van der Waals surface area contributed by atoms with Gasteiger partial charge < -0.3 is 20.8 Å². The van der Waals surface area contributed by atoms with Gasteiger partial charge in [-0.15, -0.1) is 0 Å². The van der Waals surface area contributed by atoms with Crippen LogP contribution >= 0.6 is 11.6 Å². The van der Waals surface area contributed by atoms with Gasteiger partial charge in [0.1, 0.15) is 0 Å². The first-order chi connectivity index (χ1) is 13.7. The average molecular weight is 397 g/mol. The van der Waals surface area contributed by atoms with E-state index < -0.39 is 6.10 Å². The minimum Gasteiger partial charge on any atom is -0.392 e. The number of rotatable bonds is 9. The zero-order valence-electron chi connectivity index (χ0n) is 15.6. The molecule has 0 aliphatic heterocycles. The van der Waals surface area contributed by atoms with Gasteiger partial charge in [0.25, 0.3) is 0 Å². The highest BCUT2D eigenvalue weighted by Gasteiger charge is 2.07. The molecule has 5 heteroatoms. The Labute approximate surface area is 170 Å². The number of nitrogens with one attached hydrogen (secondary N) is 2. The van der Waals surface area contributed by atoms with Crippen LogP contribution in [-0.2, 0) is 6.61 Å². The van der Waals surface area contributed by atoms with Gasteiger partial charge in [-0.3, -0.25) is 0 Å². The van der Waals surface area contributed by atoms with Crippen molar-refractivity contribution in [3.63, 3.8) is 0 Å². The Bertz CT molecular complexity index is 901. The van der Waals surface area contributed by atoms with E-state index in [1.165, 1.54) is 0 Å². The highest BCUT2D eigenvalue weighted by molar-refractivity contribution is 6.30. The zero-order chi connectivity index (χ0) is 19.8. The van der Waals surface area contributed by atoms with Crippen molar-refractivity contribution in [2.75, 3.05) is 25.0 Å². The first kappa shape index (κ1) is 20.4. The van der Waals surface area contributed by atoms with Gasteiger partial charge in [-0.05, 0) is 52.6 Å². The average Bonchev–Trinajstić information content (AvgIpc) is 2.73. The number of aliphatic hydroxyl groups excluding tert-OH is 2. The lowest BCUT2D eigenvalue weighted by molar-refractivity contribution is 0.175. The molecule has 0 saturated carbocycles. The molecule has 0 fully saturated rings. The molecule has 1 atom stereocenters. The summed E-state index contributed by atoms with van der Waals surface area (Å²) in [5.41, 5.74) is 4.93. The molecule has 0 aromatic heterocycles. The zero-order valence-corrected chi connectivity index (χ0v) is 16.4. The molecule has 4 N–H and O–H groups in total. The lowest BCUT2D eigenvalue weighted by Gasteiger charge is -2.13. The highest BCUT2D eigenvalue weighted by Crippen LogP contribution is 2.23. The maximum absolute atomic E-state index is 10.2. The first-order valence-corrected chi connectivity index (χ1v) is 9.72. The van der Waals surface area contributed by atoms with Gasteiger partial charge in [0.15, 0.2) is 0 Å².